The highest BCUT2D eigenvalue weighted by Gasteiger charge is 2.45. The summed E-state index contributed by atoms with van der Waals surface area (Å²) in [5.41, 5.74) is -0.844. The third kappa shape index (κ3) is 4.89. The first-order valence-corrected chi connectivity index (χ1v) is 12.3. The van der Waals surface area contributed by atoms with E-state index < -0.39 is 78.7 Å². The van der Waals surface area contributed by atoms with Gasteiger partial charge in [-0.15, -0.1) is 0 Å². The van der Waals surface area contributed by atoms with E-state index in [0.717, 1.165) is 12.1 Å². The van der Waals surface area contributed by atoms with Crippen LogP contribution in [-0.4, -0.2) is 108 Å². The zero-order chi connectivity index (χ0) is 28.9. The summed E-state index contributed by atoms with van der Waals surface area (Å²) < 4.78 is 21.9. The number of fused-ring (bicyclic) bond motifs is 1. The molecule has 1 aromatic heterocycles. The van der Waals surface area contributed by atoms with Crippen molar-refractivity contribution >= 4 is 11.0 Å². The average Bonchev–Trinajstić information content (AvgIpc) is 2.93. The number of phenolic OH excluding ortho intramolecular Hbond substituents is 2. The van der Waals surface area contributed by atoms with Gasteiger partial charge in [0.15, 0.2) is 5.43 Å². The summed E-state index contributed by atoms with van der Waals surface area (Å²) in [4.78, 5) is 13.0. The Morgan fingerprint density at radius 1 is 0.875 bits per heavy atom. The summed E-state index contributed by atoms with van der Waals surface area (Å²) in [6.45, 7) is -1.000. The molecular weight excluding hydrogens is 536 g/mol. The SMILES string of the molecule is O=c1cc(-c2ccc(O[C@@H]3OC(CO)[C@@H](O)C(O)C3O)cc2)oc2cc(O)c([C@@H]3OC[C@H](O)[C@H](O)C3O)c(O)c12. The molecule has 2 aliphatic rings. The number of benzene rings is 2. The minimum atomic E-state index is -1.70. The fourth-order valence-electron chi connectivity index (χ4n) is 4.78. The zero-order valence-electron chi connectivity index (χ0n) is 20.6. The third-order valence-electron chi connectivity index (χ3n) is 7.04. The van der Waals surface area contributed by atoms with Crippen molar-refractivity contribution in [2.75, 3.05) is 13.2 Å². The predicted molar refractivity (Wildman–Crippen MR) is 132 cm³/mol. The van der Waals surface area contributed by atoms with Gasteiger partial charge < -0.3 is 64.6 Å². The fraction of sp³-hybridized carbons (Fsp3) is 0.423. The summed E-state index contributed by atoms with van der Waals surface area (Å²) in [5.74, 6) is -1.07. The predicted octanol–water partition coefficient (Wildman–Crippen LogP) is -1.80. The number of phenols is 2. The average molecular weight is 564 g/mol. The van der Waals surface area contributed by atoms with Gasteiger partial charge >= 0.3 is 0 Å². The molecule has 2 aliphatic heterocycles. The minimum Gasteiger partial charge on any atom is -0.507 e. The number of aliphatic hydroxyl groups is 7. The lowest BCUT2D eigenvalue weighted by Crippen LogP contribution is -2.60. The lowest BCUT2D eigenvalue weighted by atomic mass is 9.92. The van der Waals surface area contributed by atoms with Gasteiger partial charge in [0.25, 0.3) is 0 Å². The molecule has 0 radical (unpaired) electrons. The normalized spacial score (nSPS) is 32.7. The monoisotopic (exact) mass is 564 g/mol. The Kier molecular flexibility index (Phi) is 7.71. The van der Waals surface area contributed by atoms with E-state index in [1.807, 2.05) is 0 Å². The summed E-state index contributed by atoms with van der Waals surface area (Å²) in [5, 5.41) is 90.4. The Hall–Kier alpha value is -3.31. The van der Waals surface area contributed by atoms with Gasteiger partial charge in [-0.2, -0.15) is 0 Å². The van der Waals surface area contributed by atoms with Crippen LogP contribution >= 0.6 is 0 Å². The molecule has 9 N–H and O–H groups in total. The molecule has 2 aromatic carbocycles. The van der Waals surface area contributed by atoms with E-state index in [9.17, 15) is 50.8 Å². The molecule has 5 rings (SSSR count). The number of aromatic hydroxyl groups is 2. The van der Waals surface area contributed by atoms with Crippen molar-refractivity contribution in [3.8, 4) is 28.6 Å². The van der Waals surface area contributed by atoms with Crippen molar-refractivity contribution in [2.24, 2.45) is 0 Å². The van der Waals surface area contributed by atoms with Crippen molar-refractivity contribution in [3.05, 3.63) is 52.2 Å². The molecule has 4 unspecified atom stereocenters. The molecule has 216 valence electrons. The molecule has 2 fully saturated rings. The highest BCUT2D eigenvalue weighted by Crippen LogP contribution is 2.43. The van der Waals surface area contributed by atoms with Gasteiger partial charge in [0.05, 0.1) is 18.8 Å². The van der Waals surface area contributed by atoms with Gasteiger partial charge in [0, 0.05) is 17.7 Å². The van der Waals surface area contributed by atoms with E-state index in [1.54, 1.807) is 0 Å². The Balaban J connectivity index is 1.41. The smallest absolute Gasteiger partial charge is 0.229 e. The number of rotatable bonds is 5. The first-order valence-electron chi connectivity index (χ1n) is 12.3. The maximum Gasteiger partial charge on any atom is 0.229 e. The van der Waals surface area contributed by atoms with Crippen LogP contribution in [0.5, 0.6) is 17.2 Å². The zero-order valence-corrected chi connectivity index (χ0v) is 20.6. The molecule has 3 aromatic rings. The van der Waals surface area contributed by atoms with Crippen LogP contribution in [0.3, 0.4) is 0 Å². The molecule has 14 nitrogen and oxygen atoms in total. The highest BCUT2D eigenvalue weighted by molar-refractivity contribution is 5.88. The maximum absolute atomic E-state index is 13.0. The van der Waals surface area contributed by atoms with Crippen LogP contribution in [0.2, 0.25) is 0 Å². The Morgan fingerprint density at radius 3 is 2.25 bits per heavy atom. The van der Waals surface area contributed by atoms with Crippen molar-refractivity contribution in [3.63, 3.8) is 0 Å². The van der Waals surface area contributed by atoms with Crippen LogP contribution in [0.25, 0.3) is 22.3 Å². The second kappa shape index (κ2) is 10.9. The van der Waals surface area contributed by atoms with Crippen molar-refractivity contribution in [1.29, 1.82) is 0 Å². The van der Waals surface area contributed by atoms with Gasteiger partial charge in [-0.25, -0.2) is 0 Å². The van der Waals surface area contributed by atoms with Crippen molar-refractivity contribution in [2.45, 2.75) is 55.1 Å². The van der Waals surface area contributed by atoms with E-state index in [-0.39, 0.29) is 34.6 Å². The molecule has 0 aliphatic carbocycles. The van der Waals surface area contributed by atoms with Gasteiger partial charge in [-0.3, -0.25) is 4.79 Å². The van der Waals surface area contributed by atoms with Crippen LogP contribution < -0.4 is 10.2 Å². The highest BCUT2D eigenvalue weighted by atomic mass is 16.7. The first kappa shape index (κ1) is 28.2. The second-order valence-corrected chi connectivity index (χ2v) is 9.65. The molecule has 0 spiro atoms. The topological polar surface area (TPSA) is 240 Å². The van der Waals surface area contributed by atoms with Gasteiger partial charge in [0.1, 0.15) is 82.8 Å². The van der Waals surface area contributed by atoms with E-state index >= 15 is 0 Å². The lowest BCUT2D eigenvalue weighted by molar-refractivity contribution is -0.277. The molecule has 0 bridgehead atoms. The number of hydrogen-bond donors (Lipinski definition) is 9. The van der Waals surface area contributed by atoms with Crippen LogP contribution in [-0.2, 0) is 9.47 Å². The quantitative estimate of drug-likeness (QED) is 0.166. The first-order chi connectivity index (χ1) is 19.0. The van der Waals surface area contributed by atoms with Crippen molar-refractivity contribution < 1.29 is 64.6 Å². The van der Waals surface area contributed by atoms with Crippen LogP contribution in [0.15, 0.2) is 45.6 Å². The van der Waals surface area contributed by atoms with Gasteiger partial charge in [-0.1, -0.05) is 0 Å². The molecule has 2 saturated heterocycles. The van der Waals surface area contributed by atoms with Gasteiger partial charge in [-0.05, 0) is 24.3 Å². The molecule has 3 heterocycles. The number of aliphatic hydroxyl groups excluding tert-OH is 7. The van der Waals surface area contributed by atoms with Gasteiger partial charge in [0.2, 0.25) is 6.29 Å². The number of hydrogen-bond acceptors (Lipinski definition) is 14. The Labute approximate surface area is 225 Å². The van der Waals surface area contributed by atoms with E-state index in [4.69, 9.17) is 18.6 Å². The summed E-state index contributed by atoms with van der Waals surface area (Å²) >= 11 is 0. The van der Waals surface area contributed by atoms with Crippen molar-refractivity contribution in [1.82, 2.24) is 0 Å². The molecule has 14 heteroatoms. The van der Waals surface area contributed by atoms with Crippen LogP contribution in [0.1, 0.15) is 11.7 Å². The number of ether oxygens (including phenoxy) is 3. The van der Waals surface area contributed by atoms with E-state index in [1.165, 1.54) is 24.3 Å². The summed E-state index contributed by atoms with van der Waals surface area (Å²) in [7, 11) is 0. The Bertz CT molecular complexity index is 1420. The van der Waals surface area contributed by atoms with E-state index in [2.05, 4.69) is 0 Å². The minimum absolute atomic E-state index is 0.0518. The lowest BCUT2D eigenvalue weighted by Gasteiger charge is -2.39. The standard InChI is InChI=1S/C26H28O14/c27-7-16-20(32)22(34)24(36)26(40-16)38-10-3-1-9(2-4-10)14-5-11(28)17-15(39-14)6-12(29)18(21(17)33)25-23(35)19(31)13(30)8-37-25/h1-6,13,16,19-20,22-27,29-36H,7-8H2/t13-,16?,19-,20+,22?,23?,24?,25-,26+/m0/s1. The fourth-order valence-corrected chi connectivity index (χ4v) is 4.78. The third-order valence-corrected chi connectivity index (χ3v) is 7.04. The summed E-state index contributed by atoms with van der Waals surface area (Å²) in [6, 6.07) is 8.03. The molecule has 9 atom stereocenters. The maximum atomic E-state index is 13.0. The molecular formula is C26H28O14. The van der Waals surface area contributed by atoms with Crippen LogP contribution in [0.4, 0.5) is 0 Å². The molecule has 0 amide bonds. The Morgan fingerprint density at radius 2 is 1.57 bits per heavy atom. The summed E-state index contributed by atoms with van der Waals surface area (Å²) in [6.07, 6.45) is -13.4. The molecule has 0 saturated carbocycles. The van der Waals surface area contributed by atoms with Crippen LogP contribution in [0, 0.1) is 0 Å². The second-order valence-electron chi connectivity index (χ2n) is 9.65. The molecule has 40 heavy (non-hydrogen) atoms. The largest absolute Gasteiger partial charge is 0.507 e. The van der Waals surface area contributed by atoms with E-state index in [0.29, 0.717) is 5.56 Å².